The van der Waals surface area contributed by atoms with Gasteiger partial charge in [-0.25, -0.2) is 4.98 Å². The molecule has 0 spiro atoms. The van der Waals surface area contributed by atoms with Gasteiger partial charge in [0.1, 0.15) is 0 Å². The summed E-state index contributed by atoms with van der Waals surface area (Å²) in [5.74, 6) is -0.826. The number of amides is 1. The van der Waals surface area contributed by atoms with Gasteiger partial charge in [0.05, 0.1) is 0 Å². The Morgan fingerprint density at radius 2 is 2.14 bits per heavy atom. The van der Waals surface area contributed by atoms with Crippen LogP contribution >= 0.6 is 11.3 Å². The van der Waals surface area contributed by atoms with Crippen LogP contribution in [0.3, 0.4) is 0 Å². The number of rotatable bonds is 5. The number of carbonyl (C=O) groups is 2. The summed E-state index contributed by atoms with van der Waals surface area (Å²) in [5, 5.41) is 13.9. The number of nitrogens with zero attached hydrogens (tertiary/aromatic N) is 2. The van der Waals surface area contributed by atoms with Crippen molar-refractivity contribution in [3.05, 3.63) is 11.1 Å². The van der Waals surface area contributed by atoms with Crippen LogP contribution in [0.5, 0.6) is 0 Å². The van der Waals surface area contributed by atoms with Gasteiger partial charge in [0.25, 0.3) is 0 Å². The largest absolute Gasteiger partial charge is 1.00 e. The predicted octanol–water partition coefficient (Wildman–Crippen LogP) is -2.54. The molecule has 1 aromatic rings. The van der Waals surface area contributed by atoms with Gasteiger partial charge < -0.3 is 15.2 Å². The van der Waals surface area contributed by atoms with E-state index in [1.54, 1.807) is 6.20 Å². The zero-order valence-electron chi connectivity index (χ0n) is 12.4. The molecule has 0 bridgehead atoms. The zero-order valence-corrected chi connectivity index (χ0v) is 13.2. The summed E-state index contributed by atoms with van der Waals surface area (Å²) >= 11 is 1.48. The van der Waals surface area contributed by atoms with Crippen molar-refractivity contribution in [1.82, 2.24) is 9.88 Å². The third kappa shape index (κ3) is 6.18. The minimum atomic E-state index is -0.953. The first-order chi connectivity index (χ1) is 9.52. The van der Waals surface area contributed by atoms with Crippen molar-refractivity contribution in [3.63, 3.8) is 0 Å². The maximum absolute atomic E-state index is 10.9. The fourth-order valence-electron chi connectivity index (χ4n) is 2.39. The summed E-state index contributed by atoms with van der Waals surface area (Å²) < 4.78 is 0. The first-order valence-corrected chi connectivity index (χ1v) is 7.49. The van der Waals surface area contributed by atoms with Crippen LogP contribution in [0.25, 0.3) is 0 Å². The van der Waals surface area contributed by atoms with Crippen LogP contribution in [0, 0.1) is 5.92 Å². The van der Waals surface area contributed by atoms with Gasteiger partial charge in [0.2, 0.25) is 5.91 Å². The summed E-state index contributed by atoms with van der Waals surface area (Å²) in [6.07, 6.45) is 3.74. The number of hydrogen-bond acceptors (Lipinski definition) is 6. The number of carbonyl (C=O) groups excluding carboxylic acids is 2. The molecule has 0 atom stereocenters. The number of likely N-dealkylation sites (tertiary alicyclic amines) is 1. The fourth-order valence-corrected chi connectivity index (χ4v) is 3.29. The second-order valence-electron chi connectivity index (χ2n) is 5.11. The van der Waals surface area contributed by atoms with Gasteiger partial charge >= 0.3 is 18.9 Å². The van der Waals surface area contributed by atoms with Crippen LogP contribution in [0.2, 0.25) is 0 Å². The summed E-state index contributed by atoms with van der Waals surface area (Å²) in [6.45, 7) is 4.05. The van der Waals surface area contributed by atoms with Gasteiger partial charge in [0, 0.05) is 30.5 Å². The number of hydrogen-bond donors (Lipinski definition) is 1. The van der Waals surface area contributed by atoms with E-state index in [-0.39, 0.29) is 37.1 Å². The first kappa shape index (κ1) is 18.2. The van der Waals surface area contributed by atoms with E-state index in [2.05, 4.69) is 15.2 Å². The maximum atomic E-state index is 10.9. The number of aromatic nitrogens is 1. The number of carboxylic acid groups (broad SMARTS) is 1. The molecule has 1 N–H and O–H groups in total. The average Bonchev–Trinajstić information content (AvgIpc) is 2.77. The quantitative estimate of drug-likeness (QED) is 0.606. The topological polar surface area (TPSA) is 85.4 Å². The fraction of sp³-hybridized carbons (Fsp3) is 0.615. The van der Waals surface area contributed by atoms with Crippen molar-refractivity contribution in [2.75, 3.05) is 18.4 Å². The molecule has 21 heavy (non-hydrogen) atoms. The Labute approximate surface area is 140 Å². The van der Waals surface area contributed by atoms with E-state index >= 15 is 0 Å². The van der Waals surface area contributed by atoms with Crippen molar-refractivity contribution in [1.29, 1.82) is 0 Å². The maximum Gasteiger partial charge on any atom is 1.00 e. The Morgan fingerprint density at radius 3 is 2.71 bits per heavy atom. The van der Waals surface area contributed by atoms with Crippen LogP contribution in [0.4, 0.5) is 5.13 Å². The molecule has 1 fully saturated rings. The Hall–Kier alpha value is -0.873. The van der Waals surface area contributed by atoms with Gasteiger partial charge in [-0.2, -0.15) is 0 Å². The van der Waals surface area contributed by atoms with Gasteiger partial charge in [-0.05, 0) is 38.3 Å². The molecular formula is C13H18LiN3O3S. The van der Waals surface area contributed by atoms with E-state index in [4.69, 9.17) is 0 Å². The summed E-state index contributed by atoms with van der Waals surface area (Å²) in [6, 6.07) is 0. The molecule has 1 aromatic heterocycles. The molecule has 110 valence electrons. The van der Waals surface area contributed by atoms with Crippen LogP contribution in [0.15, 0.2) is 6.20 Å². The van der Waals surface area contributed by atoms with E-state index in [0.29, 0.717) is 5.13 Å². The van der Waals surface area contributed by atoms with E-state index in [0.717, 1.165) is 37.4 Å². The Balaban J connectivity index is 0.00000220. The monoisotopic (exact) mass is 303 g/mol. The number of thiazole rings is 1. The molecular weight excluding hydrogens is 285 g/mol. The van der Waals surface area contributed by atoms with Gasteiger partial charge in [-0.3, -0.25) is 9.69 Å². The number of nitrogens with one attached hydrogen (secondary N) is 1. The minimum absolute atomic E-state index is 0. The molecule has 2 heterocycles. The zero-order chi connectivity index (χ0) is 14.5. The predicted molar refractivity (Wildman–Crippen MR) is 74.0 cm³/mol. The van der Waals surface area contributed by atoms with Crippen molar-refractivity contribution in [3.8, 4) is 0 Å². The molecule has 1 amide bonds. The van der Waals surface area contributed by atoms with Crippen LogP contribution in [-0.2, 0) is 16.1 Å². The Kier molecular flexibility index (Phi) is 7.39. The molecule has 1 aliphatic rings. The Morgan fingerprint density at radius 1 is 1.48 bits per heavy atom. The van der Waals surface area contributed by atoms with Gasteiger partial charge in [-0.15, -0.1) is 11.3 Å². The summed E-state index contributed by atoms with van der Waals surface area (Å²) in [4.78, 5) is 29.0. The molecule has 0 radical (unpaired) electrons. The van der Waals surface area contributed by atoms with Crippen LogP contribution in [0.1, 0.15) is 31.1 Å². The van der Waals surface area contributed by atoms with Crippen molar-refractivity contribution in [2.45, 2.75) is 32.7 Å². The minimum Gasteiger partial charge on any atom is -0.550 e. The molecule has 0 aliphatic carbocycles. The van der Waals surface area contributed by atoms with Crippen LogP contribution < -0.4 is 29.3 Å². The van der Waals surface area contributed by atoms with Crippen molar-refractivity contribution < 1.29 is 33.6 Å². The third-order valence-corrected chi connectivity index (χ3v) is 4.28. The van der Waals surface area contributed by atoms with Crippen LogP contribution in [-0.4, -0.2) is 34.8 Å². The third-order valence-electron chi connectivity index (χ3n) is 3.38. The first-order valence-electron chi connectivity index (χ1n) is 6.67. The normalized spacial score (nSPS) is 16.2. The molecule has 1 saturated heterocycles. The number of aliphatic carboxylic acids is 1. The van der Waals surface area contributed by atoms with Crippen molar-refractivity contribution >= 4 is 28.3 Å². The van der Waals surface area contributed by atoms with Crippen molar-refractivity contribution in [2.24, 2.45) is 5.92 Å². The SMILES string of the molecule is CC(=O)Nc1ncc(CN2CCC(CC(=O)[O-])CC2)s1.[Li+]. The molecule has 6 nitrogen and oxygen atoms in total. The standard InChI is InChI=1S/C13H19N3O3S.Li/c1-9(17)15-13-14-7-11(20-13)8-16-4-2-10(3-5-16)6-12(18)19;/h7,10H,2-6,8H2,1H3,(H,18,19)(H,14,15,17);/q;+1/p-1. The average molecular weight is 303 g/mol. The number of piperidine rings is 1. The van der Waals surface area contributed by atoms with Gasteiger partial charge in [0.15, 0.2) is 5.13 Å². The number of anilines is 1. The summed E-state index contributed by atoms with van der Waals surface area (Å²) in [5.41, 5.74) is 0. The molecule has 8 heteroatoms. The van der Waals surface area contributed by atoms with E-state index in [9.17, 15) is 14.7 Å². The Bertz CT molecular complexity index is 487. The molecule has 0 saturated carbocycles. The van der Waals surface area contributed by atoms with Gasteiger partial charge in [-0.1, -0.05) is 0 Å². The second-order valence-corrected chi connectivity index (χ2v) is 6.22. The summed E-state index contributed by atoms with van der Waals surface area (Å²) in [7, 11) is 0. The molecule has 0 unspecified atom stereocenters. The van der Waals surface area contributed by atoms with E-state index in [1.165, 1.54) is 18.3 Å². The molecule has 0 aromatic carbocycles. The number of carboxylic acids is 1. The molecule has 1 aliphatic heterocycles. The van der Waals surface area contributed by atoms with E-state index in [1.807, 2.05) is 0 Å². The smallest absolute Gasteiger partial charge is 0.550 e. The molecule has 2 rings (SSSR count). The second kappa shape index (κ2) is 8.54. The van der Waals surface area contributed by atoms with E-state index < -0.39 is 5.97 Å².